The highest BCUT2D eigenvalue weighted by atomic mass is 15.3. The number of hydrogen-bond acceptors (Lipinski definition) is 3. The molecule has 1 aliphatic heterocycles. The lowest BCUT2D eigenvalue weighted by Crippen LogP contribution is -2.46. The van der Waals surface area contributed by atoms with Gasteiger partial charge in [-0.25, -0.2) is 4.68 Å². The first-order chi connectivity index (χ1) is 14.4. The van der Waals surface area contributed by atoms with Crippen LogP contribution in [-0.2, 0) is 6.42 Å². The van der Waals surface area contributed by atoms with Crippen LogP contribution in [0.4, 0.5) is 5.69 Å². The van der Waals surface area contributed by atoms with Gasteiger partial charge in [0.15, 0.2) is 0 Å². The van der Waals surface area contributed by atoms with Gasteiger partial charge in [0.2, 0.25) is 0 Å². The van der Waals surface area contributed by atoms with E-state index >= 15 is 0 Å². The summed E-state index contributed by atoms with van der Waals surface area (Å²) in [7, 11) is 0. The fraction of sp³-hybridized carbons (Fsp3) is 0.320. The number of anilines is 1. The van der Waals surface area contributed by atoms with E-state index in [1.165, 1.54) is 28.9 Å². The summed E-state index contributed by atoms with van der Waals surface area (Å²) in [6, 6.07) is 21.3. The molecule has 0 atom stereocenters. The molecule has 1 fully saturated rings. The van der Waals surface area contributed by atoms with Gasteiger partial charge in [0.25, 0.3) is 0 Å². The first-order valence-electron chi connectivity index (χ1n) is 10.7. The van der Waals surface area contributed by atoms with Crippen LogP contribution >= 0.6 is 0 Å². The van der Waals surface area contributed by atoms with Crippen LogP contribution in [0.25, 0.3) is 11.3 Å². The van der Waals surface area contributed by atoms with Gasteiger partial charge in [-0.15, -0.1) is 0 Å². The molecule has 2 aromatic carbocycles. The summed E-state index contributed by atoms with van der Waals surface area (Å²) in [6.07, 6.45) is 8.00. The molecule has 0 bridgehead atoms. The summed E-state index contributed by atoms with van der Waals surface area (Å²) in [5.74, 6) is 0. The van der Waals surface area contributed by atoms with Crippen LogP contribution in [-0.4, -0.2) is 47.4 Å². The van der Waals surface area contributed by atoms with E-state index in [1.54, 1.807) is 0 Å². The number of nitrogens with zero attached hydrogens (tertiary/aromatic N) is 4. The van der Waals surface area contributed by atoms with Gasteiger partial charge in [0, 0.05) is 44.0 Å². The first kappa shape index (κ1) is 18.2. The van der Waals surface area contributed by atoms with Crippen LogP contribution in [0.1, 0.15) is 24.1 Å². The second kappa shape index (κ2) is 8.26. The number of fused-ring (bicyclic) bond motifs is 1. The van der Waals surface area contributed by atoms with E-state index < -0.39 is 0 Å². The van der Waals surface area contributed by atoms with Crippen LogP contribution in [0, 0.1) is 0 Å². The van der Waals surface area contributed by atoms with Crippen molar-refractivity contribution in [2.24, 2.45) is 0 Å². The Kier molecular flexibility index (Phi) is 5.18. The second-order valence-corrected chi connectivity index (χ2v) is 7.96. The minimum absolute atomic E-state index is 1.04. The number of para-hydroxylation sites is 2. The van der Waals surface area contributed by atoms with Gasteiger partial charge in [-0.1, -0.05) is 42.5 Å². The molecule has 0 amide bonds. The zero-order valence-electron chi connectivity index (χ0n) is 16.9. The summed E-state index contributed by atoms with van der Waals surface area (Å²) in [5, 5.41) is 4.71. The predicted octanol–water partition coefficient (Wildman–Crippen LogP) is 4.41. The summed E-state index contributed by atoms with van der Waals surface area (Å²) >= 11 is 0. The summed E-state index contributed by atoms with van der Waals surface area (Å²) in [4.78, 5) is 5.06. The summed E-state index contributed by atoms with van der Waals surface area (Å²) < 4.78 is 2.13. The quantitative estimate of drug-likeness (QED) is 0.666. The molecule has 0 saturated carbocycles. The van der Waals surface area contributed by atoms with Gasteiger partial charge in [-0.3, -0.25) is 4.90 Å². The maximum absolute atomic E-state index is 4.71. The summed E-state index contributed by atoms with van der Waals surface area (Å²) in [5.41, 5.74) is 6.69. The second-order valence-electron chi connectivity index (χ2n) is 7.96. The third-order valence-electron chi connectivity index (χ3n) is 6.16. The van der Waals surface area contributed by atoms with Crippen molar-refractivity contribution in [1.82, 2.24) is 14.7 Å². The van der Waals surface area contributed by atoms with E-state index in [4.69, 9.17) is 5.10 Å². The van der Waals surface area contributed by atoms with Crippen molar-refractivity contribution in [3.63, 3.8) is 0 Å². The van der Waals surface area contributed by atoms with Crippen LogP contribution in [0.3, 0.4) is 0 Å². The lowest BCUT2D eigenvalue weighted by molar-refractivity contribution is 0.284. The Morgan fingerprint density at radius 2 is 1.48 bits per heavy atom. The molecule has 5 rings (SSSR count). The van der Waals surface area contributed by atoms with Crippen LogP contribution < -0.4 is 4.90 Å². The monoisotopic (exact) mass is 384 g/mol. The third-order valence-corrected chi connectivity index (χ3v) is 6.16. The van der Waals surface area contributed by atoms with E-state index in [0.29, 0.717) is 0 Å². The van der Waals surface area contributed by atoms with Crippen molar-refractivity contribution < 1.29 is 0 Å². The van der Waals surface area contributed by atoms with E-state index in [-0.39, 0.29) is 0 Å². The molecule has 0 N–H and O–H groups in total. The number of piperazine rings is 1. The minimum atomic E-state index is 1.04. The van der Waals surface area contributed by atoms with Gasteiger partial charge < -0.3 is 4.90 Å². The molecule has 4 nitrogen and oxygen atoms in total. The van der Waals surface area contributed by atoms with Gasteiger partial charge in [0.1, 0.15) is 0 Å². The van der Waals surface area contributed by atoms with Crippen molar-refractivity contribution >= 4 is 11.3 Å². The molecule has 2 heterocycles. The lowest BCUT2D eigenvalue weighted by Gasteiger charge is -2.35. The predicted molar refractivity (Wildman–Crippen MR) is 120 cm³/mol. The van der Waals surface area contributed by atoms with Gasteiger partial charge >= 0.3 is 0 Å². The maximum Gasteiger partial charge on any atom is 0.0649 e. The molecule has 1 saturated heterocycles. The van der Waals surface area contributed by atoms with Crippen molar-refractivity contribution in [2.45, 2.75) is 19.3 Å². The SMILES string of the molecule is C(CN1CCN(c2ccccc2)CC1)=C1CCCc2c1cnn2-c1ccccc1. The fourth-order valence-electron chi connectivity index (χ4n) is 4.53. The van der Waals surface area contributed by atoms with Crippen LogP contribution in [0.5, 0.6) is 0 Å². The Labute approximate surface area is 173 Å². The Morgan fingerprint density at radius 3 is 2.21 bits per heavy atom. The first-order valence-corrected chi connectivity index (χ1v) is 10.7. The molecule has 4 heteroatoms. The Morgan fingerprint density at radius 1 is 0.793 bits per heavy atom. The topological polar surface area (TPSA) is 24.3 Å². The minimum Gasteiger partial charge on any atom is -0.369 e. The standard InChI is InChI=1S/C25H28N4/c1-3-9-22(10-4-1)28-18-16-27(17-19-28)15-14-21-8-7-13-25-24(21)20-26-29(25)23-11-5-2-6-12-23/h1-6,9-12,14,20H,7-8,13,15-19H2. The molecule has 0 radical (unpaired) electrons. The average molecular weight is 385 g/mol. The molecule has 148 valence electrons. The Balaban J connectivity index is 1.26. The number of hydrogen-bond donors (Lipinski definition) is 0. The molecule has 29 heavy (non-hydrogen) atoms. The van der Waals surface area contributed by atoms with Crippen molar-refractivity contribution in [2.75, 3.05) is 37.6 Å². The van der Waals surface area contributed by atoms with Crippen molar-refractivity contribution in [3.05, 3.63) is 84.2 Å². The average Bonchev–Trinajstić information content (AvgIpc) is 3.24. The molecular weight excluding hydrogens is 356 g/mol. The summed E-state index contributed by atoms with van der Waals surface area (Å²) in [6.45, 7) is 5.48. The third kappa shape index (κ3) is 3.85. The van der Waals surface area contributed by atoms with E-state index in [9.17, 15) is 0 Å². The number of benzene rings is 2. The molecule has 1 aliphatic carbocycles. The van der Waals surface area contributed by atoms with Crippen LogP contribution in [0.2, 0.25) is 0 Å². The van der Waals surface area contributed by atoms with Crippen molar-refractivity contribution in [3.8, 4) is 5.69 Å². The van der Waals surface area contributed by atoms with Gasteiger partial charge in [-0.2, -0.15) is 5.10 Å². The molecule has 3 aromatic rings. The molecule has 0 unspecified atom stereocenters. The highest BCUT2D eigenvalue weighted by molar-refractivity contribution is 5.69. The maximum atomic E-state index is 4.71. The zero-order chi connectivity index (χ0) is 19.5. The van der Waals surface area contributed by atoms with Gasteiger partial charge in [-0.05, 0) is 49.1 Å². The number of rotatable bonds is 4. The normalized spacial score (nSPS) is 18.8. The number of aromatic nitrogens is 2. The van der Waals surface area contributed by atoms with E-state index in [1.807, 2.05) is 0 Å². The van der Waals surface area contributed by atoms with Crippen LogP contribution in [0.15, 0.2) is 72.9 Å². The molecule has 0 spiro atoms. The zero-order valence-corrected chi connectivity index (χ0v) is 16.9. The fourth-order valence-corrected chi connectivity index (χ4v) is 4.53. The molecular formula is C25H28N4. The highest BCUT2D eigenvalue weighted by Gasteiger charge is 2.21. The highest BCUT2D eigenvalue weighted by Crippen LogP contribution is 2.32. The molecule has 2 aliphatic rings. The smallest absolute Gasteiger partial charge is 0.0649 e. The molecule has 1 aromatic heterocycles. The lowest BCUT2D eigenvalue weighted by atomic mass is 9.92. The Hall–Kier alpha value is -2.85. The van der Waals surface area contributed by atoms with E-state index in [2.05, 4.69) is 87.4 Å². The largest absolute Gasteiger partial charge is 0.369 e. The number of allylic oxidation sites excluding steroid dienone is 1. The van der Waals surface area contributed by atoms with E-state index in [0.717, 1.165) is 51.3 Å². The van der Waals surface area contributed by atoms with Crippen molar-refractivity contribution in [1.29, 1.82) is 0 Å². The Bertz CT molecular complexity index is 967. The van der Waals surface area contributed by atoms with Gasteiger partial charge in [0.05, 0.1) is 17.6 Å².